The normalized spacial score (nSPS) is 13.1. The number of allylic oxidation sites excluding steroid dienone is 14. The van der Waals surface area contributed by atoms with E-state index < -0.39 is 0 Å². The molecule has 0 aromatic carbocycles. The zero-order valence-corrected chi connectivity index (χ0v) is 20.9. The molecule has 1 nitrogen and oxygen atoms in total. The van der Waals surface area contributed by atoms with Crippen LogP contribution >= 0.6 is 0 Å². The Hall–Kier alpha value is -2.15. The molecule has 0 N–H and O–H groups in total. The molecule has 0 radical (unpaired) electrons. The van der Waals surface area contributed by atoms with E-state index in [1.165, 1.54) is 89.9 Å². The molecule has 0 aliphatic heterocycles. The molecule has 178 valence electrons. The quantitative estimate of drug-likeness (QED) is 0.0993. The summed E-state index contributed by atoms with van der Waals surface area (Å²) in [6.45, 7) is 3.83. The summed E-state index contributed by atoms with van der Waals surface area (Å²) in [4.78, 5) is 10.7. The van der Waals surface area contributed by atoms with E-state index >= 15 is 0 Å². The maximum atomic E-state index is 10.7. The van der Waals surface area contributed by atoms with E-state index in [0.29, 0.717) is 0 Å². The zero-order valence-electron chi connectivity index (χ0n) is 20.9. The maximum absolute atomic E-state index is 10.7. The van der Waals surface area contributed by atoms with E-state index in [0.717, 1.165) is 0 Å². The largest absolute Gasteiger partial charge is 0.295 e. The number of rotatable bonds is 21. The van der Waals surface area contributed by atoms with Gasteiger partial charge in [0.05, 0.1) is 0 Å². The van der Waals surface area contributed by atoms with E-state index in [-0.39, 0.29) is 5.78 Å². The van der Waals surface area contributed by atoms with E-state index in [1.807, 2.05) is 48.6 Å². The van der Waals surface area contributed by atoms with Gasteiger partial charge in [-0.1, -0.05) is 163 Å². The minimum Gasteiger partial charge on any atom is -0.295 e. The van der Waals surface area contributed by atoms with Crippen LogP contribution in [-0.2, 0) is 4.79 Å². The molecule has 0 aromatic rings. The molecule has 0 aromatic heterocycles. The third-order valence-corrected chi connectivity index (χ3v) is 5.16. The van der Waals surface area contributed by atoms with Crippen LogP contribution in [0.4, 0.5) is 0 Å². The third kappa shape index (κ3) is 27.8. The van der Waals surface area contributed by atoms with Crippen LogP contribution in [-0.4, -0.2) is 5.78 Å². The van der Waals surface area contributed by atoms with Crippen molar-refractivity contribution in [3.05, 3.63) is 85.1 Å². The Labute approximate surface area is 199 Å². The Morgan fingerprint density at radius 2 is 0.812 bits per heavy atom. The first-order chi connectivity index (χ1) is 15.8. The van der Waals surface area contributed by atoms with Gasteiger partial charge < -0.3 is 0 Å². The highest BCUT2D eigenvalue weighted by atomic mass is 16.1. The highest BCUT2D eigenvalue weighted by Gasteiger charge is 1.93. The molecule has 0 aliphatic carbocycles. The Morgan fingerprint density at radius 3 is 1.22 bits per heavy atom. The number of carbonyl (C=O) groups excluding carboxylic acids is 1. The van der Waals surface area contributed by atoms with Crippen LogP contribution in [0.15, 0.2) is 85.1 Å². The molecule has 0 unspecified atom stereocenters. The van der Waals surface area contributed by atoms with Gasteiger partial charge in [-0.2, -0.15) is 0 Å². The van der Waals surface area contributed by atoms with E-state index in [9.17, 15) is 4.79 Å². The van der Waals surface area contributed by atoms with Crippen molar-refractivity contribution in [2.75, 3.05) is 0 Å². The van der Waals surface area contributed by atoms with Crippen molar-refractivity contribution in [2.24, 2.45) is 0 Å². The van der Waals surface area contributed by atoms with Crippen LogP contribution in [0.2, 0.25) is 0 Å². The molecule has 0 amide bonds. The fraction of sp³-hybridized carbons (Fsp3) is 0.516. The lowest BCUT2D eigenvalue weighted by atomic mass is 10.0. The first-order valence-corrected chi connectivity index (χ1v) is 12.9. The van der Waals surface area contributed by atoms with Crippen molar-refractivity contribution >= 4 is 5.78 Å². The number of ketones is 1. The minimum atomic E-state index is 0.0612. The van der Waals surface area contributed by atoms with Gasteiger partial charge in [-0.25, -0.2) is 0 Å². The van der Waals surface area contributed by atoms with Crippen molar-refractivity contribution in [2.45, 2.75) is 104 Å². The van der Waals surface area contributed by atoms with Gasteiger partial charge in [0.25, 0.3) is 0 Å². The minimum absolute atomic E-state index is 0.0612. The second-order valence-electron chi connectivity index (χ2n) is 8.35. The molecular formula is C31H48O. The van der Waals surface area contributed by atoms with Gasteiger partial charge in [0.1, 0.15) is 0 Å². The summed E-state index contributed by atoms with van der Waals surface area (Å²) in [6.07, 6.45) is 47.1. The van der Waals surface area contributed by atoms with Crippen molar-refractivity contribution in [3.8, 4) is 0 Å². The van der Waals surface area contributed by atoms with E-state index in [1.54, 1.807) is 19.1 Å². The highest BCUT2D eigenvalue weighted by Crippen LogP contribution is 2.13. The van der Waals surface area contributed by atoms with Crippen LogP contribution in [0.1, 0.15) is 104 Å². The van der Waals surface area contributed by atoms with Gasteiger partial charge in [-0.05, 0) is 25.8 Å². The number of hydrogen-bond donors (Lipinski definition) is 0. The summed E-state index contributed by atoms with van der Waals surface area (Å²) in [6, 6.07) is 0. The molecule has 1 heteroatoms. The number of unbranched alkanes of at least 4 members (excludes halogenated alkanes) is 13. The lowest BCUT2D eigenvalue weighted by Crippen LogP contribution is -1.82. The third-order valence-electron chi connectivity index (χ3n) is 5.16. The molecule has 0 saturated carbocycles. The SMILES string of the molecule is CCCCCCCCCCCCCCCC=CC=CC=CC=CC=CC=CC=CC(C)=O. The van der Waals surface area contributed by atoms with E-state index in [4.69, 9.17) is 0 Å². The average Bonchev–Trinajstić information content (AvgIpc) is 2.78. The van der Waals surface area contributed by atoms with Crippen molar-refractivity contribution < 1.29 is 4.79 Å². The predicted molar refractivity (Wildman–Crippen MR) is 145 cm³/mol. The summed E-state index contributed by atoms with van der Waals surface area (Å²) in [7, 11) is 0. The Kier molecular flexibility index (Phi) is 25.1. The van der Waals surface area contributed by atoms with Gasteiger partial charge in [-0.3, -0.25) is 4.79 Å². The summed E-state index contributed by atoms with van der Waals surface area (Å²) in [5, 5.41) is 0. The van der Waals surface area contributed by atoms with Gasteiger partial charge in [0.15, 0.2) is 5.78 Å². The zero-order chi connectivity index (χ0) is 23.4. The molecule has 0 rings (SSSR count). The van der Waals surface area contributed by atoms with Gasteiger partial charge in [0.2, 0.25) is 0 Å². The van der Waals surface area contributed by atoms with Gasteiger partial charge in [0, 0.05) is 0 Å². The molecule has 0 aliphatic rings. The second-order valence-corrected chi connectivity index (χ2v) is 8.35. The summed E-state index contributed by atoms with van der Waals surface area (Å²) < 4.78 is 0. The number of hydrogen-bond acceptors (Lipinski definition) is 1. The predicted octanol–water partition coefficient (Wildman–Crippen LogP) is 9.95. The van der Waals surface area contributed by atoms with Crippen molar-refractivity contribution in [1.82, 2.24) is 0 Å². The lowest BCUT2D eigenvalue weighted by molar-refractivity contribution is -0.112. The molecule has 0 heterocycles. The highest BCUT2D eigenvalue weighted by molar-refractivity contribution is 5.87. The second kappa shape index (κ2) is 26.9. The average molecular weight is 437 g/mol. The summed E-state index contributed by atoms with van der Waals surface area (Å²) in [5.74, 6) is 0.0612. The molecule has 0 atom stereocenters. The molecule has 0 saturated heterocycles. The fourth-order valence-electron chi connectivity index (χ4n) is 3.29. The monoisotopic (exact) mass is 436 g/mol. The molecular weight excluding hydrogens is 388 g/mol. The van der Waals surface area contributed by atoms with Crippen LogP contribution in [0.5, 0.6) is 0 Å². The van der Waals surface area contributed by atoms with Crippen LogP contribution < -0.4 is 0 Å². The van der Waals surface area contributed by atoms with Crippen molar-refractivity contribution in [3.63, 3.8) is 0 Å². The molecule has 0 bridgehead atoms. The first kappa shape index (κ1) is 29.9. The molecule has 0 fully saturated rings. The standard InChI is InChI=1S/C31H48O/c1-3-4-5-6-7-8-9-10-11-12-13-14-15-16-17-18-19-20-21-22-23-24-25-26-27-28-29-30-31(2)32/h17-30H,3-16H2,1-2H3. The Bertz CT molecular complexity index is 610. The lowest BCUT2D eigenvalue weighted by Gasteiger charge is -2.02. The number of carbonyl (C=O) groups is 1. The Balaban J connectivity index is 3.47. The smallest absolute Gasteiger partial charge is 0.152 e. The van der Waals surface area contributed by atoms with Crippen molar-refractivity contribution in [1.29, 1.82) is 0 Å². The Morgan fingerprint density at radius 1 is 0.469 bits per heavy atom. The van der Waals surface area contributed by atoms with Crippen LogP contribution in [0.25, 0.3) is 0 Å². The summed E-state index contributed by atoms with van der Waals surface area (Å²) in [5.41, 5.74) is 0. The van der Waals surface area contributed by atoms with Gasteiger partial charge >= 0.3 is 0 Å². The molecule has 32 heavy (non-hydrogen) atoms. The fourth-order valence-corrected chi connectivity index (χ4v) is 3.29. The summed E-state index contributed by atoms with van der Waals surface area (Å²) >= 11 is 0. The van der Waals surface area contributed by atoms with Crippen LogP contribution in [0.3, 0.4) is 0 Å². The molecule has 0 spiro atoms. The topological polar surface area (TPSA) is 17.1 Å². The maximum Gasteiger partial charge on any atom is 0.152 e. The van der Waals surface area contributed by atoms with E-state index in [2.05, 4.69) is 31.2 Å². The first-order valence-electron chi connectivity index (χ1n) is 12.9. The van der Waals surface area contributed by atoms with Crippen LogP contribution in [0, 0.1) is 0 Å². The van der Waals surface area contributed by atoms with Gasteiger partial charge in [-0.15, -0.1) is 0 Å².